The van der Waals surface area contributed by atoms with Gasteiger partial charge in [-0.2, -0.15) is 5.10 Å². The molecule has 1 aliphatic rings. The van der Waals surface area contributed by atoms with E-state index >= 15 is 0 Å². The summed E-state index contributed by atoms with van der Waals surface area (Å²) in [6, 6.07) is 8.19. The number of aryl methyl sites for hydroxylation is 1. The molecule has 134 valence electrons. The first-order valence-corrected chi connectivity index (χ1v) is 9.15. The Hall–Kier alpha value is -2.14. The van der Waals surface area contributed by atoms with Crippen LogP contribution in [0.1, 0.15) is 40.9 Å². The van der Waals surface area contributed by atoms with Gasteiger partial charge in [0.2, 0.25) is 0 Å². The predicted octanol–water partition coefficient (Wildman–Crippen LogP) is 2.95. The lowest BCUT2D eigenvalue weighted by atomic mass is 9.93. The molecule has 1 amide bonds. The van der Waals surface area contributed by atoms with Crippen LogP contribution < -0.4 is 5.32 Å². The summed E-state index contributed by atoms with van der Waals surface area (Å²) in [6.07, 6.45) is 5.10. The average molecular weight is 340 g/mol. The number of hydrogen-bond acceptors (Lipinski definition) is 3. The number of benzene rings is 1. The normalized spacial score (nSPS) is 15.6. The monoisotopic (exact) mass is 340 g/mol. The van der Waals surface area contributed by atoms with E-state index in [1.807, 2.05) is 35.7 Å². The number of nitrogens with one attached hydrogen (secondary N) is 1. The van der Waals surface area contributed by atoms with Crippen LogP contribution >= 0.6 is 0 Å². The van der Waals surface area contributed by atoms with Gasteiger partial charge in [0.1, 0.15) is 0 Å². The Bertz CT molecular complexity index is 729. The van der Waals surface area contributed by atoms with E-state index in [9.17, 15) is 4.79 Å². The predicted molar refractivity (Wildman–Crippen MR) is 100 cm³/mol. The Morgan fingerprint density at radius 1 is 1.28 bits per heavy atom. The number of aromatic nitrogens is 2. The number of likely N-dealkylation sites (tertiary alicyclic amines) is 1. The molecular formula is C20H28N4O. The maximum absolute atomic E-state index is 12.9. The van der Waals surface area contributed by atoms with Crippen LogP contribution in [0.25, 0.3) is 5.69 Å². The molecule has 1 saturated heterocycles. The molecule has 0 saturated carbocycles. The molecular weight excluding hydrogens is 312 g/mol. The van der Waals surface area contributed by atoms with E-state index < -0.39 is 0 Å². The SMILES string of the molecule is CNCCC1CCN(C(=O)c2cnn(-c3cccc(C)c3)c2C)CC1. The second kappa shape index (κ2) is 7.83. The van der Waals surface area contributed by atoms with Crippen molar-refractivity contribution in [2.45, 2.75) is 33.1 Å². The third-order valence-corrected chi connectivity index (χ3v) is 5.19. The van der Waals surface area contributed by atoms with Gasteiger partial charge >= 0.3 is 0 Å². The molecule has 1 aromatic heterocycles. The van der Waals surface area contributed by atoms with E-state index in [0.717, 1.165) is 55.3 Å². The Labute approximate surface area is 150 Å². The van der Waals surface area contributed by atoms with Crippen LogP contribution in [0, 0.1) is 19.8 Å². The van der Waals surface area contributed by atoms with Gasteiger partial charge in [-0.1, -0.05) is 12.1 Å². The van der Waals surface area contributed by atoms with Crippen molar-refractivity contribution in [1.29, 1.82) is 0 Å². The maximum Gasteiger partial charge on any atom is 0.257 e. The summed E-state index contributed by atoms with van der Waals surface area (Å²) in [5.74, 6) is 0.844. The zero-order valence-electron chi connectivity index (χ0n) is 15.5. The van der Waals surface area contributed by atoms with Crippen molar-refractivity contribution in [2.75, 3.05) is 26.7 Å². The van der Waals surface area contributed by atoms with Crippen LogP contribution in [0.3, 0.4) is 0 Å². The number of rotatable bonds is 5. The Kier molecular flexibility index (Phi) is 5.53. The average Bonchev–Trinajstić information content (AvgIpc) is 3.01. The van der Waals surface area contributed by atoms with Crippen molar-refractivity contribution in [2.24, 2.45) is 5.92 Å². The van der Waals surface area contributed by atoms with Crippen molar-refractivity contribution in [1.82, 2.24) is 20.0 Å². The quantitative estimate of drug-likeness (QED) is 0.910. The van der Waals surface area contributed by atoms with Crippen LogP contribution in [0.15, 0.2) is 30.5 Å². The second-order valence-corrected chi connectivity index (χ2v) is 7.02. The third kappa shape index (κ3) is 3.93. The topological polar surface area (TPSA) is 50.2 Å². The number of carbonyl (C=O) groups excluding carboxylic acids is 1. The first kappa shape index (κ1) is 17.7. The molecule has 1 aliphatic heterocycles. The van der Waals surface area contributed by atoms with E-state index in [4.69, 9.17) is 0 Å². The van der Waals surface area contributed by atoms with Crippen LogP contribution in [0.5, 0.6) is 0 Å². The number of hydrogen-bond donors (Lipinski definition) is 1. The molecule has 0 radical (unpaired) electrons. The fraction of sp³-hybridized carbons (Fsp3) is 0.500. The molecule has 1 fully saturated rings. The highest BCUT2D eigenvalue weighted by atomic mass is 16.2. The van der Waals surface area contributed by atoms with Crippen molar-refractivity contribution >= 4 is 5.91 Å². The molecule has 0 atom stereocenters. The highest BCUT2D eigenvalue weighted by Gasteiger charge is 2.25. The molecule has 0 aliphatic carbocycles. The Balaban J connectivity index is 1.70. The van der Waals surface area contributed by atoms with Crippen LogP contribution in [-0.2, 0) is 0 Å². The lowest BCUT2D eigenvalue weighted by Crippen LogP contribution is -2.39. The van der Waals surface area contributed by atoms with E-state index in [1.54, 1.807) is 6.20 Å². The summed E-state index contributed by atoms with van der Waals surface area (Å²) >= 11 is 0. The van der Waals surface area contributed by atoms with Gasteiger partial charge in [0.15, 0.2) is 0 Å². The largest absolute Gasteiger partial charge is 0.339 e. The van der Waals surface area contributed by atoms with Crippen LogP contribution in [0.2, 0.25) is 0 Å². The van der Waals surface area contributed by atoms with Crippen LogP contribution in [0.4, 0.5) is 0 Å². The third-order valence-electron chi connectivity index (χ3n) is 5.19. The minimum Gasteiger partial charge on any atom is -0.339 e. The first-order valence-electron chi connectivity index (χ1n) is 9.15. The van der Waals surface area contributed by atoms with E-state index in [1.165, 1.54) is 12.0 Å². The lowest BCUT2D eigenvalue weighted by molar-refractivity contribution is 0.0686. The fourth-order valence-electron chi connectivity index (χ4n) is 3.58. The molecule has 0 unspecified atom stereocenters. The molecule has 0 spiro atoms. The minimum atomic E-state index is 0.114. The zero-order chi connectivity index (χ0) is 17.8. The van der Waals surface area contributed by atoms with Gasteiger partial charge in [0, 0.05) is 13.1 Å². The van der Waals surface area contributed by atoms with Gasteiger partial charge in [-0.3, -0.25) is 4.79 Å². The summed E-state index contributed by atoms with van der Waals surface area (Å²) < 4.78 is 1.86. The van der Waals surface area contributed by atoms with Gasteiger partial charge in [0.05, 0.1) is 23.1 Å². The summed E-state index contributed by atoms with van der Waals surface area (Å²) in [7, 11) is 1.99. The van der Waals surface area contributed by atoms with Crippen molar-refractivity contribution in [3.05, 3.63) is 47.3 Å². The lowest BCUT2D eigenvalue weighted by Gasteiger charge is -2.32. The van der Waals surface area contributed by atoms with Crippen molar-refractivity contribution < 1.29 is 4.79 Å². The first-order chi connectivity index (χ1) is 12.1. The molecule has 2 heterocycles. The molecule has 0 bridgehead atoms. The van der Waals surface area contributed by atoms with Gasteiger partial charge in [0.25, 0.3) is 5.91 Å². The number of amides is 1. The molecule has 3 rings (SSSR count). The van der Waals surface area contributed by atoms with Gasteiger partial charge < -0.3 is 10.2 Å². The molecule has 1 N–H and O–H groups in total. The molecule has 2 aromatic rings. The molecule has 1 aromatic carbocycles. The smallest absolute Gasteiger partial charge is 0.257 e. The summed E-state index contributed by atoms with van der Waals surface area (Å²) in [6.45, 7) is 6.79. The minimum absolute atomic E-state index is 0.114. The highest BCUT2D eigenvalue weighted by Crippen LogP contribution is 2.23. The summed E-state index contributed by atoms with van der Waals surface area (Å²) in [4.78, 5) is 14.9. The fourth-order valence-corrected chi connectivity index (χ4v) is 3.58. The van der Waals surface area contributed by atoms with Gasteiger partial charge in [-0.15, -0.1) is 0 Å². The van der Waals surface area contributed by atoms with E-state index in [-0.39, 0.29) is 5.91 Å². The van der Waals surface area contributed by atoms with Gasteiger partial charge in [-0.05, 0) is 70.3 Å². The van der Waals surface area contributed by atoms with Crippen molar-refractivity contribution in [3.8, 4) is 5.69 Å². The van der Waals surface area contributed by atoms with Crippen molar-refractivity contribution in [3.63, 3.8) is 0 Å². The maximum atomic E-state index is 12.9. The Morgan fingerprint density at radius 3 is 2.72 bits per heavy atom. The zero-order valence-corrected chi connectivity index (χ0v) is 15.5. The number of nitrogens with zero attached hydrogens (tertiary/aromatic N) is 3. The second-order valence-electron chi connectivity index (χ2n) is 7.02. The summed E-state index contributed by atoms with van der Waals surface area (Å²) in [5, 5.41) is 7.67. The molecule has 5 heteroatoms. The summed E-state index contributed by atoms with van der Waals surface area (Å²) in [5.41, 5.74) is 3.81. The van der Waals surface area contributed by atoms with Gasteiger partial charge in [-0.25, -0.2) is 4.68 Å². The van der Waals surface area contributed by atoms with Crippen LogP contribution in [-0.4, -0.2) is 47.3 Å². The number of piperidine rings is 1. The molecule has 5 nitrogen and oxygen atoms in total. The standard InChI is InChI=1S/C20H28N4O/c1-15-5-4-6-18(13-15)24-16(2)19(14-22-24)20(25)23-11-8-17(9-12-23)7-10-21-3/h4-6,13-14,17,21H,7-12H2,1-3H3. The number of carbonyl (C=O) groups is 1. The highest BCUT2D eigenvalue weighted by molar-refractivity contribution is 5.95. The van der Waals surface area contributed by atoms with E-state index in [0.29, 0.717) is 0 Å². The van der Waals surface area contributed by atoms with E-state index in [2.05, 4.69) is 29.5 Å². The molecule has 25 heavy (non-hydrogen) atoms. The Morgan fingerprint density at radius 2 is 2.04 bits per heavy atom.